The number of anilines is 1. The van der Waals surface area contributed by atoms with E-state index in [1.54, 1.807) is 6.07 Å². The third-order valence-electron chi connectivity index (χ3n) is 4.54. The molecule has 27 heavy (non-hydrogen) atoms. The number of hydrogen-bond acceptors (Lipinski definition) is 5. The van der Waals surface area contributed by atoms with Crippen molar-refractivity contribution in [2.45, 2.75) is 18.9 Å². The van der Waals surface area contributed by atoms with E-state index < -0.39 is 0 Å². The Bertz CT molecular complexity index is 998. The van der Waals surface area contributed by atoms with Gasteiger partial charge in [-0.25, -0.2) is 9.98 Å². The lowest BCUT2D eigenvalue weighted by Gasteiger charge is -2.08. The number of aryl methyl sites for hydroxylation is 1. The Morgan fingerprint density at radius 2 is 1.93 bits per heavy atom. The summed E-state index contributed by atoms with van der Waals surface area (Å²) in [6, 6.07) is 19.6. The lowest BCUT2D eigenvalue weighted by atomic mass is 10.1. The van der Waals surface area contributed by atoms with Crippen molar-refractivity contribution in [1.82, 2.24) is 4.98 Å². The molecular weight excluding hydrogens is 340 g/mol. The second-order valence-electron chi connectivity index (χ2n) is 6.51. The summed E-state index contributed by atoms with van der Waals surface area (Å²) in [5.74, 6) is -0.221. The third-order valence-corrected chi connectivity index (χ3v) is 4.54. The number of aromatic nitrogens is 1. The Balaban J connectivity index is 1.37. The molecule has 1 amide bonds. The van der Waals surface area contributed by atoms with Crippen LogP contribution in [-0.4, -0.2) is 29.6 Å². The number of para-hydroxylation sites is 1. The monoisotopic (exact) mass is 360 g/mol. The molecule has 6 heteroatoms. The van der Waals surface area contributed by atoms with Crippen LogP contribution in [0, 0.1) is 0 Å². The summed E-state index contributed by atoms with van der Waals surface area (Å²) in [5.41, 5.74) is 8.64. The van der Waals surface area contributed by atoms with E-state index in [0.717, 1.165) is 29.4 Å². The number of amidine groups is 1. The highest BCUT2D eigenvalue weighted by molar-refractivity contribution is 6.04. The SMILES string of the molecule is NC1=NC(CCc2ccc(NC(=O)c3ccc4ccccc4n3)cc2)CO1. The maximum atomic E-state index is 12.5. The van der Waals surface area contributed by atoms with E-state index in [1.165, 1.54) is 5.56 Å². The van der Waals surface area contributed by atoms with E-state index in [4.69, 9.17) is 10.5 Å². The number of nitrogens with zero attached hydrogens (tertiary/aromatic N) is 2. The van der Waals surface area contributed by atoms with E-state index in [9.17, 15) is 4.79 Å². The largest absolute Gasteiger partial charge is 0.463 e. The first-order valence-electron chi connectivity index (χ1n) is 8.89. The molecule has 3 N–H and O–H groups in total. The van der Waals surface area contributed by atoms with Crippen molar-refractivity contribution < 1.29 is 9.53 Å². The molecule has 1 atom stereocenters. The first-order chi connectivity index (χ1) is 13.2. The smallest absolute Gasteiger partial charge is 0.282 e. The minimum atomic E-state index is -0.221. The van der Waals surface area contributed by atoms with Gasteiger partial charge in [-0.05, 0) is 42.7 Å². The molecule has 0 aliphatic carbocycles. The minimum absolute atomic E-state index is 0.128. The predicted octanol–water partition coefficient (Wildman–Crippen LogP) is 3.13. The summed E-state index contributed by atoms with van der Waals surface area (Å²) in [6.45, 7) is 0.554. The van der Waals surface area contributed by atoms with E-state index >= 15 is 0 Å². The van der Waals surface area contributed by atoms with Crippen molar-refractivity contribution >= 4 is 28.5 Å². The van der Waals surface area contributed by atoms with Crippen LogP contribution in [0.25, 0.3) is 10.9 Å². The number of carbonyl (C=O) groups is 1. The fourth-order valence-corrected chi connectivity index (χ4v) is 3.06. The molecule has 4 rings (SSSR count). The second kappa shape index (κ2) is 7.45. The second-order valence-corrected chi connectivity index (χ2v) is 6.51. The number of benzene rings is 2. The number of rotatable bonds is 5. The molecule has 0 saturated carbocycles. The first-order valence-corrected chi connectivity index (χ1v) is 8.89. The van der Waals surface area contributed by atoms with Crippen molar-refractivity contribution in [3.63, 3.8) is 0 Å². The van der Waals surface area contributed by atoms with Crippen LogP contribution in [0.3, 0.4) is 0 Å². The Hall–Kier alpha value is -3.41. The fraction of sp³-hybridized carbons (Fsp3) is 0.190. The van der Waals surface area contributed by atoms with Crippen molar-refractivity contribution in [2.75, 3.05) is 11.9 Å². The topological polar surface area (TPSA) is 89.6 Å². The van der Waals surface area contributed by atoms with Crippen LogP contribution in [0.15, 0.2) is 65.7 Å². The zero-order valence-corrected chi connectivity index (χ0v) is 14.8. The van der Waals surface area contributed by atoms with Gasteiger partial charge in [-0.1, -0.05) is 36.4 Å². The molecule has 0 spiro atoms. The average Bonchev–Trinajstić information content (AvgIpc) is 3.12. The highest BCUT2D eigenvalue weighted by Gasteiger charge is 2.16. The molecule has 1 unspecified atom stereocenters. The zero-order chi connectivity index (χ0) is 18.6. The van der Waals surface area contributed by atoms with Gasteiger partial charge < -0.3 is 15.8 Å². The normalized spacial score (nSPS) is 16.0. The van der Waals surface area contributed by atoms with Gasteiger partial charge in [-0.3, -0.25) is 4.79 Å². The summed E-state index contributed by atoms with van der Waals surface area (Å²) in [4.78, 5) is 21.1. The molecule has 1 aliphatic heterocycles. The average molecular weight is 360 g/mol. The number of fused-ring (bicyclic) bond motifs is 1. The van der Waals surface area contributed by atoms with Gasteiger partial charge in [0.2, 0.25) is 0 Å². The van der Waals surface area contributed by atoms with Crippen LogP contribution in [0.1, 0.15) is 22.5 Å². The predicted molar refractivity (Wildman–Crippen MR) is 106 cm³/mol. The molecule has 1 aliphatic rings. The maximum Gasteiger partial charge on any atom is 0.282 e. The molecule has 0 saturated heterocycles. The number of amides is 1. The van der Waals surface area contributed by atoms with Gasteiger partial charge in [0.05, 0.1) is 11.6 Å². The Morgan fingerprint density at radius 3 is 2.70 bits per heavy atom. The molecule has 0 fully saturated rings. The highest BCUT2D eigenvalue weighted by Crippen LogP contribution is 2.16. The summed E-state index contributed by atoms with van der Waals surface area (Å²) < 4.78 is 5.16. The van der Waals surface area contributed by atoms with Crippen molar-refractivity contribution in [1.29, 1.82) is 0 Å². The van der Waals surface area contributed by atoms with Gasteiger partial charge in [-0.2, -0.15) is 0 Å². The highest BCUT2D eigenvalue weighted by atomic mass is 16.5. The van der Waals surface area contributed by atoms with E-state index in [1.807, 2.05) is 54.6 Å². The quantitative estimate of drug-likeness (QED) is 0.731. The number of nitrogens with two attached hydrogens (primary N) is 1. The van der Waals surface area contributed by atoms with Gasteiger partial charge in [-0.15, -0.1) is 0 Å². The zero-order valence-electron chi connectivity index (χ0n) is 14.8. The molecule has 2 aromatic carbocycles. The molecule has 3 aromatic rings. The third kappa shape index (κ3) is 4.06. The number of hydrogen-bond donors (Lipinski definition) is 2. The molecule has 0 radical (unpaired) electrons. The molecular formula is C21H20N4O2. The summed E-state index contributed by atoms with van der Waals surface area (Å²) >= 11 is 0. The fourth-order valence-electron chi connectivity index (χ4n) is 3.06. The van der Waals surface area contributed by atoms with Crippen molar-refractivity contribution in [3.05, 3.63) is 71.9 Å². The van der Waals surface area contributed by atoms with Gasteiger partial charge in [0.1, 0.15) is 12.3 Å². The van der Waals surface area contributed by atoms with E-state index in [0.29, 0.717) is 12.3 Å². The Kier molecular flexibility index (Phi) is 4.70. The maximum absolute atomic E-state index is 12.5. The van der Waals surface area contributed by atoms with Crippen molar-refractivity contribution in [2.24, 2.45) is 10.7 Å². The lowest BCUT2D eigenvalue weighted by molar-refractivity contribution is 0.102. The number of ether oxygens (including phenoxy) is 1. The van der Waals surface area contributed by atoms with Crippen LogP contribution >= 0.6 is 0 Å². The first kappa shape index (κ1) is 17.0. The van der Waals surface area contributed by atoms with Crippen LogP contribution in [0.4, 0.5) is 5.69 Å². The number of aliphatic imine (C=N–C) groups is 1. The van der Waals surface area contributed by atoms with Gasteiger partial charge >= 0.3 is 0 Å². The van der Waals surface area contributed by atoms with Crippen LogP contribution < -0.4 is 11.1 Å². The Morgan fingerprint density at radius 1 is 1.11 bits per heavy atom. The number of pyridine rings is 1. The van der Waals surface area contributed by atoms with Crippen LogP contribution in [0.2, 0.25) is 0 Å². The molecule has 6 nitrogen and oxygen atoms in total. The van der Waals surface area contributed by atoms with Crippen LogP contribution in [0.5, 0.6) is 0 Å². The molecule has 2 heterocycles. The van der Waals surface area contributed by atoms with Gasteiger partial charge in [0, 0.05) is 11.1 Å². The molecule has 136 valence electrons. The van der Waals surface area contributed by atoms with Crippen molar-refractivity contribution in [3.8, 4) is 0 Å². The van der Waals surface area contributed by atoms with E-state index in [-0.39, 0.29) is 18.0 Å². The lowest BCUT2D eigenvalue weighted by Crippen LogP contribution is -2.13. The summed E-state index contributed by atoms with van der Waals surface area (Å²) in [7, 11) is 0. The van der Waals surface area contributed by atoms with Crippen LogP contribution in [-0.2, 0) is 11.2 Å². The van der Waals surface area contributed by atoms with Gasteiger partial charge in [0.15, 0.2) is 0 Å². The Labute approximate surface area is 157 Å². The summed E-state index contributed by atoms with van der Waals surface area (Å²) in [6.07, 6.45) is 1.76. The molecule has 1 aromatic heterocycles. The number of carbonyl (C=O) groups excluding carboxylic acids is 1. The van der Waals surface area contributed by atoms with Gasteiger partial charge in [0.25, 0.3) is 11.9 Å². The van der Waals surface area contributed by atoms with E-state index in [2.05, 4.69) is 15.3 Å². The minimum Gasteiger partial charge on any atom is -0.463 e. The molecule has 0 bridgehead atoms. The standard InChI is InChI=1S/C21H20N4O2/c22-21-24-17(13-27-21)11-7-14-5-9-16(10-6-14)23-20(26)19-12-8-15-3-1-2-4-18(15)25-19/h1-6,8-10,12,17H,7,11,13H2,(H2,22,24)(H,23,26). The summed E-state index contributed by atoms with van der Waals surface area (Å²) in [5, 5.41) is 3.90. The number of nitrogens with one attached hydrogen (secondary N) is 1.